The van der Waals surface area contributed by atoms with Gasteiger partial charge in [-0.2, -0.15) is 0 Å². The smallest absolute Gasteiger partial charge is 0.311 e. The van der Waals surface area contributed by atoms with E-state index in [9.17, 15) is 9.59 Å². The summed E-state index contributed by atoms with van der Waals surface area (Å²) in [5, 5.41) is 2.96. The van der Waals surface area contributed by atoms with Crippen molar-refractivity contribution in [3.05, 3.63) is 72.8 Å². The van der Waals surface area contributed by atoms with Gasteiger partial charge in [0.25, 0.3) is 5.91 Å². The Morgan fingerprint density at radius 1 is 1.03 bits per heavy atom. The molecule has 7 nitrogen and oxygen atoms in total. The number of hydrogen-bond donors (Lipinski definition) is 1. The molecule has 39 heavy (non-hydrogen) atoms. The zero-order chi connectivity index (χ0) is 29.6. The molecule has 1 atom stereocenters. The summed E-state index contributed by atoms with van der Waals surface area (Å²) in [6.45, 7) is 19.3. The summed E-state index contributed by atoms with van der Waals surface area (Å²) in [4.78, 5) is 25.8. The van der Waals surface area contributed by atoms with E-state index in [2.05, 4.69) is 18.5 Å². The van der Waals surface area contributed by atoms with Gasteiger partial charge >= 0.3 is 5.97 Å². The number of methoxy groups -OCH3 is 2. The Labute approximate surface area is 234 Å². The van der Waals surface area contributed by atoms with E-state index < -0.39 is 16.9 Å². The first kappa shape index (κ1) is 33.4. The van der Waals surface area contributed by atoms with E-state index in [0.29, 0.717) is 23.6 Å². The van der Waals surface area contributed by atoms with Gasteiger partial charge < -0.3 is 24.3 Å². The van der Waals surface area contributed by atoms with E-state index in [-0.39, 0.29) is 25.1 Å². The standard InChI is InChI=1S/C30H39NO6.C2H6/c1-9-15-36-26(29(3,4)20-30(5,6)28(33)35-8)27(32)31-24-13-11-12-14-25(24)37-19-22-16-21(10-2)17-23(18-22)34-7;1-2/h9-14,16-18,26H,1-2,15,19-20H2,3-8H3,(H,31,32);1-2H3. The fourth-order valence-electron chi connectivity index (χ4n) is 4.46. The van der Waals surface area contributed by atoms with E-state index in [1.807, 2.05) is 58.0 Å². The van der Waals surface area contributed by atoms with Crippen molar-refractivity contribution in [2.24, 2.45) is 10.8 Å². The number of para-hydroxylation sites is 2. The Morgan fingerprint density at radius 2 is 1.69 bits per heavy atom. The van der Waals surface area contributed by atoms with Crippen LogP contribution in [0.2, 0.25) is 0 Å². The Balaban J connectivity index is 0.00000371. The Morgan fingerprint density at radius 3 is 2.28 bits per heavy atom. The van der Waals surface area contributed by atoms with E-state index in [4.69, 9.17) is 18.9 Å². The van der Waals surface area contributed by atoms with Crippen LogP contribution in [0.5, 0.6) is 11.5 Å². The normalized spacial score (nSPS) is 11.8. The second-order valence-corrected chi connectivity index (χ2v) is 10.1. The SMILES string of the molecule is C=CCOC(C(=O)Nc1ccccc1OCc1cc(C=C)cc(OC)c1)C(C)(C)CC(C)(C)C(=O)OC.CC. The number of benzene rings is 2. The van der Waals surface area contributed by atoms with Crippen molar-refractivity contribution >= 4 is 23.6 Å². The van der Waals surface area contributed by atoms with E-state index in [0.717, 1.165) is 11.1 Å². The lowest BCUT2D eigenvalue weighted by atomic mass is 9.71. The number of esters is 1. The molecular weight excluding hydrogens is 494 g/mol. The van der Waals surface area contributed by atoms with E-state index in [1.165, 1.54) is 7.11 Å². The highest BCUT2D eigenvalue weighted by atomic mass is 16.5. The predicted molar refractivity (Wildman–Crippen MR) is 158 cm³/mol. The molecule has 1 unspecified atom stereocenters. The van der Waals surface area contributed by atoms with Crippen molar-refractivity contribution in [1.82, 2.24) is 0 Å². The molecule has 2 aromatic carbocycles. The molecule has 0 fully saturated rings. The van der Waals surface area contributed by atoms with Gasteiger partial charge in [0, 0.05) is 5.41 Å². The quantitative estimate of drug-likeness (QED) is 0.204. The molecule has 1 N–H and O–H groups in total. The number of amides is 1. The minimum atomic E-state index is -0.865. The summed E-state index contributed by atoms with van der Waals surface area (Å²) in [6.07, 6.45) is 2.83. The van der Waals surface area contributed by atoms with Crippen molar-refractivity contribution < 1.29 is 28.5 Å². The van der Waals surface area contributed by atoms with Crippen molar-refractivity contribution in [3.63, 3.8) is 0 Å². The molecule has 2 rings (SSSR count). The number of hydrogen-bond acceptors (Lipinski definition) is 6. The van der Waals surface area contributed by atoms with Gasteiger partial charge in [0.1, 0.15) is 24.2 Å². The fraction of sp³-hybridized carbons (Fsp3) is 0.438. The molecule has 0 spiro atoms. The van der Waals surface area contributed by atoms with Gasteiger partial charge in [0.05, 0.1) is 31.9 Å². The van der Waals surface area contributed by atoms with Gasteiger partial charge in [-0.25, -0.2) is 0 Å². The van der Waals surface area contributed by atoms with Crippen molar-refractivity contribution in [2.45, 2.75) is 60.7 Å². The van der Waals surface area contributed by atoms with E-state index >= 15 is 0 Å². The highest BCUT2D eigenvalue weighted by Crippen LogP contribution is 2.39. The highest BCUT2D eigenvalue weighted by Gasteiger charge is 2.43. The fourth-order valence-corrected chi connectivity index (χ4v) is 4.46. The van der Waals surface area contributed by atoms with E-state index in [1.54, 1.807) is 45.2 Å². The molecule has 2 aromatic rings. The summed E-state index contributed by atoms with van der Waals surface area (Å²) in [5.41, 5.74) is 0.806. The van der Waals surface area contributed by atoms with Gasteiger partial charge in [-0.1, -0.05) is 58.6 Å². The second kappa shape index (κ2) is 15.7. The highest BCUT2D eigenvalue weighted by molar-refractivity contribution is 5.96. The van der Waals surface area contributed by atoms with Crippen LogP contribution < -0.4 is 14.8 Å². The lowest BCUT2D eigenvalue weighted by Gasteiger charge is -2.38. The molecule has 0 bridgehead atoms. The molecule has 0 heterocycles. The number of nitrogens with one attached hydrogen (secondary N) is 1. The third-order valence-corrected chi connectivity index (χ3v) is 5.96. The lowest BCUT2D eigenvalue weighted by molar-refractivity contribution is -0.156. The summed E-state index contributed by atoms with van der Waals surface area (Å²) in [5.74, 6) is 0.518. The molecular formula is C32H45NO6. The van der Waals surface area contributed by atoms with Crippen LogP contribution in [0, 0.1) is 10.8 Å². The number of ether oxygens (including phenoxy) is 4. The van der Waals surface area contributed by atoms with Crippen molar-refractivity contribution in [1.29, 1.82) is 0 Å². The van der Waals surface area contributed by atoms with Crippen LogP contribution in [0.4, 0.5) is 5.69 Å². The largest absolute Gasteiger partial charge is 0.497 e. The first-order valence-corrected chi connectivity index (χ1v) is 13.1. The minimum absolute atomic E-state index is 0.180. The van der Waals surface area contributed by atoms with Crippen LogP contribution in [0.15, 0.2) is 61.7 Å². The van der Waals surface area contributed by atoms with Crippen molar-refractivity contribution in [2.75, 3.05) is 26.1 Å². The van der Waals surface area contributed by atoms with Gasteiger partial charge in [-0.15, -0.1) is 6.58 Å². The number of rotatable bonds is 14. The van der Waals surface area contributed by atoms with Crippen LogP contribution in [0.25, 0.3) is 6.08 Å². The third-order valence-electron chi connectivity index (χ3n) is 5.96. The van der Waals surface area contributed by atoms with Gasteiger partial charge in [-0.05, 0) is 61.7 Å². The molecule has 0 radical (unpaired) electrons. The number of carbonyl (C=O) groups excluding carboxylic acids is 2. The molecule has 214 valence electrons. The van der Waals surface area contributed by atoms with Crippen molar-refractivity contribution in [3.8, 4) is 11.5 Å². The first-order valence-electron chi connectivity index (χ1n) is 13.1. The number of carbonyl (C=O) groups is 2. The van der Waals surface area contributed by atoms with Gasteiger partial charge in [0.2, 0.25) is 0 Å². The maximum Gasteiger partial charge on any atom is 0.311 e. The summed E-state index contributed by atoms with van der Waals surface area (Å²) in [6, 6.07) is 12.9. The summed E-state index contributed by atoms with van der Waals surface area (Å²) in [7, 11) is 2.96. The predicted octanol–water partition coefficient (Wildman–Crippen LogP) is 7.07. The topological polar surface area (TPSA) is 83.1 Å². The first-order chi connectivity index (χ1) is 18.5. The molecule has 0 saturated carbocycles. The maximum atomic E-state index is 13.5. The van der Waals surface area contributed by atoms with Crippen LogP contribution in [-0.4, -0.2) is 38.8 Å². The monoisotopic (exact) mass is 539 g/mol. The molecule has 0 aliphatic rings. The average molecular weight is 540 g/mol. The van der Waals surface area contributed by atoms with Crippen LogP contribution in [0.1, 0.15) is 59.1 Å². The van der Waals surface area contributed by atoms with Gasteiger partial charge in [0.15, 0.2) is 0 Å². The second-order valence-electron chi connectivity index (χ2n) is 10.1. The van der Waals surface area contributed by atoms with Crippen LogP contribution >= 0.6 is 0 Å². The Kier molecular flexibility index (Phi) is 13.5. The number of anilines is 1. The average Bonchev–Trinajstić information content (AvgIpc) is 2.92. The summed E-state index contributed by atoms with van der Waals surface area (Å²) >= 11 is 0. The molecule has 0 aliphatic carbocycles. The minimum Gasteiger partial charge on any atom is -0.497 e. The Bertz CT molecular complexity index is 1110. The van der Waals surface area contributed by atoms with Crippen LogP contribution in [0.3, 0.4) is 0 Å². The summed E-state index contributed by atoms with van der Waals surface area (Å²) < 4.78 is 22.3. The molecule has 0 aliphatic heterocycles. The molecule has 0 saturated heterocycles. The van der Waals surface area contributed by atoms with Gasteiger partial charge in [-0.3, -0.25) is 9.59 Å². The molecule has 0 aromatic heterocycles. The van der Waals surface area contributed by atoms with Crippen LogP contribution in [-0.2, 0) is 25.7 Å². The zero-order valence-corrected chi connectivity index (χ0v) is 24.8. The zero-order valence-electron chi connectivity index (χ0n) is 24.8. The molecule has 1 amide bonds. The lowest BCUT2D eigenvalue weighted by Crippen LogP contribution is -2.46. The third kappa shape index (κ3) is 9.91. The molecule has 7 heteroatoms. The maximum absolute atomic E-state index is 13.5. The Hall–Kier alpha value is -3.58.